The van der Waals surface area contributed by atoms with Crippen LogP contribution in [-0.4, -0.2) is 48.0 Å². The maximum absolute atomic E-state index is 12.2. The summed E-state index contributed by atoms with van der Waals surface area (Å²) < 4.78 is 10.6. The lowest BCUT2D eigenvalue weighted by atomic mass is 10.0. The van der Waals surface area contributed by atoms with E-state index < -0.39 is 0 Å². The molecule has 0 fully saturated rings. The summed E-state index contributed by atoms with van der Waals surface area (Å²) in [4.78, 5) is 36.9. The van der Waals surface area contributed by atoms with E-state index in [0.29, 0.717) is 43.2 Å². The Morgan fingerprint density at radius 2 is 2.14 bits per heavy atom. The van der Waals surface area contributed by atoms with E-state index in [-0.39, 0.29) is 30.7 Å². The van der Waals surface area contributed by atoms with Crippen molar-refractivity contribution >= 4 is 29.2 Å². The summed E-state index contributed by atoms with van der Waals surface area (Å²) >= 11 is 0. The molecule has 154 valence electrons. The van der Waals surface area contributed by atoms with Crippen LogP contribution in [0.3, 0.4) is 0 Å². The molecule has 0 bridgehead atoms. The number of likely N-dealkylation sites (N-methyl/N-ethyl adjacent to an activating group) is 1. The summed E-state index contributed by atoms with van der Waals surface area (Å²) in [5.74, 6) is 1.17. The fourth-order valence-corrected chi connectivity index (χ4v) is 2.97. The number of hydrogen-bond donors (Lipinski definition) is 2. The van der Waals surface area contributed by atoms with Gasteiger partial charge in [-0.25, -0.2) is 0 Å². The van der Waals surface area contributed by atoms with Crippen molar-refractivity contribution < 1.29 is 23.6 Å². The van der Waals surface area contributed by atoms with Crippen LogP contribution in [0.15, 0.2) is 28.8 Å². The van der Waals surface area contributed by atoms with Crippen LogP contribution in [0, 0.1) is 6.92 Å². The van der Waals surface area contributed by atoms with Crippen molar-refractivity contribution in [2.24, 2.45) is 0 Å². The number of nitrogens with zero attached hydrogens (tertiary/aromatic N) is 2. The first-order valence-electron chi connectivity index (χ1n) is 9.43. The number of carbonyl (C=O) groups is 3. The Labute approximate surface area is 168 Å². The van der Waals surface area contributed by atoms with Gasteiger partial charge in [-0.1, -0.05) is 5.16 Å². The molecule has 0 radical (unpaired) electrons. The minimum atomic E-state index is -0.341. The van der Waals surface area contributed by atoms with Crippen LogP contribution in [0.4, 0.5) is 11.5 Å². The van der Waals surface area contributed by atoms with E-state index in [0.717, 1.165) is 11.3 Å². The van der Waals surface area contributed by atoms with Crippen LogP contribution in [0.1, 0.15) is 30.6 Å². The van der Waals surface area contributed by atoms with E-state index in [2.05, 4.69) is 15.8 Å². The van der Waals surface area contributed by atoms with Gasteiger partial charge in [0.25, 0.3) is 0 Å². The number of aryl methyl sites for hydroxylation is 2. The Kier molecular flexibility index (Phi) is 6.48. The first-order valence-corrected chi connectivity index (χ1v) is 9.43. The van der Waals surface area contributed by atoms with Gasteiger partial charge in [0.05, 0.1) is 13.2 Å². The minimum absolute atomic E-state index is 0.0265. The highest BCUT2D eigenvalue weighted by molar-refractivity contribution is 5.94. The number of rotatable bonds is 8. The molecule has 0 unspecified atom stereocenters. The van der Waals surface area contributed by atoms with Crippen molar-refractivity contribution in [3.05, 3.63) is 35.6 Å². The van der Waals surface area contributed by atoms with E-state index in [1.165, 1.54) is 4.90 Å². The number of fused-ring (bicyclic) bond motifs is 1. The Balaban J connectivity index is 1.37. The molecule has 2 heterocycles. The second-order valence-corrected chi connectivity index (χ2v) is 6.94. The van der Waals surface area contributed by atoms with Gasteiger partial charge in [0.2, 0.25) is 17.7 Å². The van der Waals surface area contributed by atoms with Gasteiger partial charge in [-0.05, 0) is 43.5 Å². The summed E-state index contributed by atoms with van der Waals surface area (Å²) in [7, 11) is 1.58. The SMILES string of the molecule is Cc1cc(NC(=O)CN(C)C(=O)CCCOc2ccc3c(c2)CCC(=O)N3)no1. The average Bonchev–Trinajstić information content (AvgIpc) is 3.09. The molecule has 29 heavy (non-hydrogen) atoms. The zero-order valence-electron chi connectivity index (χ0n) is 16.5. The molecule has 0 saturated carbocycles. The lowest BCUT2D eigenvalue weighted by Gasteiger charge is -2.18. The zero-order chi connectivity index (χ0) is 20.8. The van der Waals surface area contributed by atoms with Gasteiger partial charge in [-0.2, -0.15) is 0 Å². The molecule has 0 atom stereocenters. The second-order valence-electron chi connectivity index (χ2n) is 6.94. The van der Waals surface area contributed by atoms with Crippen molar-refractivity contribution in [1.29, 1.82) is 0 Å². The van der Waals surface area contributed by atoms with Crippen LogP contribution in [-0.2, 0) is 20.8 Å². The third-order valence-electron chi connectivity index (χ3n) is 4.48. The standard InChI is InChI=1S/C20H24N4O5/c1-13-10-17(23-29-13)22-19(26)12-24(2)20(27)4-3-9-28-15-6-7-16-14(11-15)5-8-18(25)21-16/h6-7,10-11H,3-5,8-9,12H2,1-2H3,(H,21,25)(H,22,23,26). The summed E-state index contributed by atoms with van der Waals surface area (Å²) in [5, 5.41) is 9.08. The Morgan fingerprint density at radius 1 is 1.31 bits per heavy atom. The number of amides is 3. The number of aromatic nitrogens is 1. The molecule has 3 amide bonds. The number of hydrogen-bond acceptors (Lipinski definition) is 6. The number of benzene rings is 1. The predicted octanol–water partition coefficient (Wildman–Crippen LogP) is 2.12. The predicted molar refractivity (Wildman–Crippen MR) is 106 cm³/mol. The van der Waals surface area contributed by atoms with E-state index in [9.17, 15) is 14.4 Å². The van der Waals surface area contributed by atoms with Gasteiger partial charge >= 0.3 is 0 Å². The third kappa shape index (κ3) is 5.81. The van der Waals surface area contributed by atoms with Gasteiger partial charge in [-0.15, -0.1) is 0 Å². The van der Waals surface area contributed by atoms with Gasteiger partial charge in [0, 0.05) is 31.6 Å². The van der Waals surface area contributed by atoms with Gasteiger partial charge < -0.3 is 24.8 Å². The van der Waals surface area contributed by atoms with Crippen LogP contribution >= 0.6 is 0 Å². The first kappa shape index (κ1) is 20.4. The monoisotopic (exact) mass is 400 g/mol. The van der Waals surface area contributed by atoms with Crippen molar-refractivity contribution in [1.82, 2.24) is 10.1 Å². The topological polar surface area (TPSA) is 114 Å². The van der Waals surface area contributed by atoms with E-state index >= 15 is 0 Å². The molecule has 1 aromatic heterocycles. The fraction of sp³-hybridized carbons (Fsp3) is 0.400. The first-order chi connectivity index (χ1) is 13.9. The van der Waals surface area contributed by atoms with Gasteiger partial charge in [0.1, 0.15) is 11.5 Å². The molecular formula is C20H24N4O5. The van der Waals surface area contributed by atoms with Crippen LogP contribution in [0.2, 0.25) is 0 Å². The summed E-state index contributed by atoms with van der Waals surface area (Å²) in [6.07, 6.45) is 1.97. The van der Waals surface area contributed by atoms with Gasteiger partial charge in [0.15, 0.2) is 5.82 Å². The highest BCUT2D eigenvalue weighted by atomic mass is 16.5. The fourth-order valence-electron chi connectivity index (χ4n) is 2.97. The minimum Gasteiger partial charge on any atom is -0.494 e. The average molecular weight is 400 g/mol. The van der Waals surface area contributed by atoms with E-state index in [4.69, 9.17) is 9.26 Å². The highest BCUT2D eigenvalue weighted by Gasteiger charge is 2.16. The molecule has 1 aromatic carbocycles. The quantitative estimate of drug-likeness (QED) is 0.656. The molecule has 0 aliphatic carbocycles. The lowest BCUT2D eigenvalue weighted by molar-refractivity contribution is -0.133. The summed E-state index contributed by atoms with van der Waals surface area (Å²) in [6.45, 7) is 2.04. The zero-order valence-corrected chi connectivity index (χ0v) is 16.5. The van der Waals surface area contributed by atoms with E-state index in [1.807, 2.05) is 12.1 Å². The number of ether oxygens (including phenoxy) is 1. The van der Waals surface area contributed by atoms with E-state index in [1.54, 1.807) is 26.1 Å². The Hall–Kier alpha value is -3.36. The number of carbonyl (C=O) groups excluding carboxylic acids is 3. The van der Waals surface area contributed by atoms with Crippen molar-refractivity contribution in [2.75, 3.05) is 30.8 Å². The molecular weight excluding hydrogens is 376 g/mol. The molecule has 2 aromatic rings. The summed E-state index contributed by atoms with van der Waals surface area (Å²) in [5.41, 5.74) is 1.87. The smallest absolute Gasteiger partial charge is 0.245 e. The molecule has 9 heteroatoms. The Bertz CT molecular complexity index is 908. The molecule has 0 spiro atoms. The second kappa shape index (κ2) is 9.22. The van der Waals surface area contributed by atoms with Crippen LogP contribution < -0.4 is 15.4 Å². The van der Waals surface area contributed by atoms with Gasteiger partial charge in [-0.3, -0.25) is 14.4 Å². The molecule has 2 N–H and O–H groups in total. The molecule has 3 rings (SSSR count). The third-order valence-corrected chi connectivity index (χ3v) is 4.48. The van der Waals surface area contributed by atoms with Crippen molar-refractivity contribution in [2.45, 2.75) is 32.6 Å². The maximum Gasteiger partial charge on any atom is 0.245 e. The largest absolute Gasteiger partial charge is 0.494 e. The molecule has 9 nitrogen and oxygen atoms in total. The lowest BCUT2D eigenvalue weighted by Crippen LogP contribution is -2.35. The molecule has 1 aliphatic rings. The van der Waals surface area contributed by atoms with Crippen LogP contribution in [0.5, 0.6) is 5.75 Å². The Morgan fingerprint density at radius 3 is 2.90 bits per heavy atom. The molecule has 1 aliphatic heterocycles. The number of nitrogens with one attached hydrogen (secondary N) is 2. The van der Waals surface area contributed by atoms with Crippen molar-refractivity contribution in [3.8, 4) is 5.75 Å². The highest BCUT2D eigenvalue weighted by Crippen LogP contribution is 2.26. The number of anilines is 2. The van der Waals surface area contributed by atoms with Crippen LogP contribution in [0.25, 0.3) is 0 Å². The molecule has 0 saturated heterocycles. The summed E-state index contributed by atoms with van der Waals surface area (Å²) in [6, 6.07) is 7.15. The normalized spacial score (nSPS) is 12.7. The maximum atomic E-state index is 12.2. The van der Waals surface area contributed by atoms with Crippen molar-refractivity contribution in [3.63, 3.8) is 0 Å².